The third-order valence-corrected chi connectivity index (χ3v) is 3.87. The van der Waals surface area contributed by atoms with E-state index in [1.165, 1.54) is 42.5 Å². The van der Waals surface area contributed by atoms with Gasteiger partial charge in [-0.05, 0) is 36.4 Å². The molecular formula is C14H13NO5S. The van der Waals surface area contributed by atoms with Gasteiger partial charge in [0, 0.05) is 18.0 Å². The number of carbonyl (C=O) groups is 1. The van der Waals surface area contributed by atoms with Crippen LogP contribution in [-0.4, -0.2) is 25.7 Å². The molecule has 7 heteroatoms. The summed E-state index contributed by atoms with van der Waals surface area (Å²) in [6, 6.07) is 10.1. The van der Waals surface area contributed by atoms with Gasteiger partial charge >= 0.3 is 5.97 Å². The van der Waals surface area contributed by atoms with E-state index in [2.05, 4.69) is 0 Å². The van der Waals surface area contributed by atoms with Crippen LogP contribution in [0.2, 0.25) is 0 Å². The third kappa shape index (κ3) is 3.51. The fourth-order valence-corrected chi connectivity index (χ4v) is 2.32. The zero-order valence-electron chi connectivity index (χ0n) is 11.1. The number of sulfone groups is 1. The summed E-state index contributed by atoms with van der Waals surface area (Å²) in [5, 5.41) is 8.88. The van der Waals surface area contributed by atoms with Crippen molar-refractivity contribution in [1.82, 2.24) is 0 Å². The second kappa shape index (κ2) is 5.45. The molecule has 2 aromatic carbocycles. The van der Waals surface area contributed by atoms with E-state index in [1.54, 1.807) is 0 Å². The number of carboxylic acid groups (broad SMARTS) is 1. The Hall–Kier alpha value is -2.54. The van der Waals surface area contributed by atoms with Crippen molar-refractivity contribution in [2.45, 2.75) is 4.90 Å². The summed E-state index contributed by atoms with van der Waals surface area (Å²) in [7, 11) is -3.26. The van der Waals surface area contributed by atoms with E-state index in [0.717, 1.165) is 6.26 Å². The Bertz CT molecular complexity index is 782. The van der Waals surface area contributed by atoms with Crippen LogP contribution < -0.4 is 10.5 Å². The van der Waals surface area contributed by atoms with Gasteiger partial charge in [0.1, 0.15) is 11.5 Å². The number of nitrogens with two attached hydrogens (primary N) is 1. The maximum Gasteiger partial charge on any atom is 0.337 e. The summed E-state index contributed by atoms with van der Waals surface area (Å²) in [4.78, 5) is 11.0. The van der Waals surface area contributed by atoms with Crippen LogP contribution >= 0.6 is 0 Å². The van der Waals surface area contributed by atoms with Gasteiger partial charge in [-0.15, -0.1) is 0 Å². The number of hydrogen-bond acceptors (Lipinski definition) is 5. The molecule has 0 aliphatic rings. The van der Waals surface area contributed by atoms with Crippen LogP contribution in [-0.2, 0) is 9.84 Å². The number of anilines is 1. The van der Waals surface area contributed by atoms with Gasteiger partial charge in [0.2, 0.25) is 0 Å². The largest absolute Gasteiger partial charge is 0.478 e. The maximum absolute atomic E-state index is 11.3. The number of rotatable bonds is 4. The minimum atomic E-state index is -3.26. The Kier molecular flexibility index (Phi) is 3.86. The molecule has 0 saturated carbocycles. The van der Waals surface area contributed by atoms with E-state index in [9.17, 15) is 13.2 Å². The van der Waals surface area contributed by atoms with Gasteiger partial charge in [-0.25, -0.2) is 13.2 Å². The van der Waals surface area contributed by atoms with Crippen molar-refractivity contribution in [3.8, 4) is 11.5 Å². The molecule has 0 amide bonds. The minimum Gasteiger partial charge on any atom is -0.478 e. The predicted molar refractivity (Wildman–Crippen MR) is 77.4 cm³/mol. The second-order valence-corrected chi connectivity index (χ2v) is 6.42. The molecule has 0 aliphatic carbocycles. The van der Waals surface area contributed by atoms with Crippen LogP contribution in [0.15, 0.2) is 47.4 Å². The van der Waals surface area contributed by atoms with E-state index in [0.29, 0.717) is 11.5 Å². The molecule has 0 atom stereocenters. The number of hydrogen-bond donors (Lipinski definition) is 2. The van der Waals surface area contributed by atoms with E-state index >= 15 is 0 Å². The van der Waals surface area contributed by atoms with E-state index in [4.69, 9.17) is 15.6 Å². The average Bonchev–Trinajstić information content (AvgIpc) is 2.38. The molecule has 0 spiro atoms. The van der Waals surface area contributed by atoms with Crippen molar-refractivity contribution in [3.63, 3.8) is 0 Å². The second-order valence-electron chi connectivity index (χ2n) is 4.40. The van der Waals surface area contributed by atoms with Gasteiger partial charge in [-0.3, -0.25) is 0 Å². The Morgan fingerprint density at radius 1 is 1.10 bits per heavy atom. The molecule has 0 aromatic heterocycles. The predicted octanol–water partition coefficient (Wildman–Crippen LogP) is 2.16. The SMILES string of the molecule is CS(=O)(=O)c1ccc(Oc2ccc(C(=O)O)c(N)c2)cc1. The van der Waals surface area contributed by atoms with E-state index < -0.39 is 15.8 Å². The summed E-state index contributed by atoms with van der Waals surface area (Å²) in [5.41, 5.74) is 5.70. The molecule has 21 heavy (non-hydrogen) atoms. The maximum atomic E-state index is 11.3. The summed E-state index contributed by atoms with van der Waals surface area (Å²) < 4.78 is 28.2. The molecule has 0 radical (unpaired) electrons. The molecule has 0 saturated heterocycles. The van der Waals surface area contributed by atoms with Gasteiger partial charge in [0.25, 0.3) is 0 Å². The van der Waals surface area contributed by atoms with Crippen LogP contribution in [0.3, 0.4) is 0 Å². The lowest BCUT2D eigenvalue weighted by Crippen LogP contribution is -2.02. The molecule has 0 unspecified atom stereocenters. The lowest BCUT2D eigenvalue weighted by atomic mass is 10.2. The van der Waals surface area contributed by atoms with Gasteiger partial charge < -0.3 is 15.6 Å². The Morgan fingerprint density at radius 2 is 1.67 bits per heavy atom. The van der Waals surface area contributed by atoms with Crippen molar-refractivity contribution < 1.29 is 23.1 Å². The molecule has 0 aliphatic heterocycles. The Balaban J connectivity index is 2.23. The van der Waals surface area contributed by atoms with Gasteiger partial charge in [-0.2, -0.15) is 0 Å². The van der Waals surface area contributed by atoms with Crippen LogP contribution in [0.1, 0.15) is 10.4 Å². The van der Waals surface area contributed by atoms with Crippen molar-refractivity contribution in [2.75, 3.05) is 12.0 Å². The van der Waals surface area contributed by atoms with Crippen molar-refractivity contribution in [2.24, 2.45) is 0 Å². The van der Waals surface area contributed by atoms with Crippen LogP contribution in [0, 0.1) is 0 Å². The molecule has 110 valence electrons. The molecule has 3 N–H and O–H groups in total. The first-order chi connectivity index (χ1) is 9.77. The van der Waals surface area contributed by atoms with Gasteiger partial charge in [0.15, 0.2) is 9.84 Å². The monoisotopic (exact) mass is 307 g/mol. The highest BCUT2D eigenvalue weighted by Crippen LogP contribution is 2.26. The van der Waals surface area contributed by atoms with Crippen LogP contribution in [0.25, 0.3) is 0 Å². The first-order valence-electron chi connectivity index (χ1n) is 5.88. The number of benzene rings is 2. The fourth-order valence-electron chi connectivity index (χ4n) is 1.69. The molecule has 2 rings (SSSR count). The first-order valence-corrected chi connectivity index (χ1v) is 7.77. The summed E-state index contributed by atoms with van der Waals surface area (Å²) in [6.07, 6.45) is 1.12. The first kappa shape index (κ1) is 14.9. The quantitative estimate of drug-likeness (QED) is 0.838. The number of carboxylic acids is 1. The smallest absolute Gasteiger partial charge is 0.337 e. The topological polar surface area (TPSA) is 107 Å². The summed E-state index contributed by atoms with van der Waals surface area (Å²) >= 11 is 0. The molecule has 0 heterocycles. The minimum absolute atomic E-state index is 0.00484. The zero-order chi connectivity index (χ0) is 15.6. The van der Waals surface area contributed by atoms with E-state index in [-0.39, 0.29) is 16.1 Å². The number of aromatic carboxylic acids is 1. The van der Waals surface area contributed by atoms with Gasteiger partial charge in [0.05, 0.1) is 10.5 Å². The van der Waals surface area contributed by atoms with Gasteiger partial charge in [-0.1, -0.05) is 0 Å². The average molecular weight is 307 g/mol. The molecular weight excluding hydrogens is 294 g/mol. The summed E-state index contributed by atoms with van der Waals surface area (Å²) in [6.45, 7) is 0. The lowest BCUT2D eigenvalue weighted by molar-refractivity contribution is 0.0698. The van der Waals surface area contributed by atoms with Crippen molar-refractivity contribution in [1.29, 1.82) is 0 Å². The normalized spacial score (nSPS) is 11.1. The molecule has 0 fully saturated rings. The standard InChI is InChI=1S/C14H13NO5S/c1-21(18,19)11-5-2-9(3-6-11)20-10-4-7-12(14(16)17)13(15)8-10/h2-8H,15H2,1H3,(H,16,17). The van der Waals surface area contributed by atoms with Crippen LogP contribution in [0.5, 0.6) is 11.5 Å². The summed E-state index contributed by atoms with van der Waals surface area (Å²) in [5.74, 6) is -0.328. The highest BCUT2D eigenvalue weighted by Gasteiger charge is 2.10. The Morgan fingerprint density at radius 3 is 2.14 bits per heavy atom. The lowest BCUT2D eigenvalue weighted by Gasteiger charge is -2.08. The zero-order valence-corrected chi connectivity index (χ0v) is 11.9. The molecule has 2 aromatic rings. The fraction of sp³-hybridized carbons (Fsp3) is 0.0714. The highest BCUT2D eigenvalue weighted by molar-refractivity contribution is 7.90. The number of nitrogen functional groups attached to an aromatic ring is 1. The van der Waals surface area contributed by atoms with E-state index in [1.807, 2.05) is 0 Å². The Labute approximate surface area is 121 Å². The van der Waals surface area contributed by atoms with Crippen molar-refractivity contribution in [3.05, 3.63) is 48.0 Å². The van der Waals surface area contributed by atoms with Crippen LogP contribution in [0.4, 0.5) is 5.69 Å². The molecule has 6 nitrogen and oxygen atoms in total. The highest BCUT2D eigenvalue weighted by atomic mass is 32.2. The number of ether oxygens (including phenoxy) is 1. The molecule has 0 bridgehead atoms. The van der Waals surface area contributed by atoms with Crippen molar-refractivity contribution >= 4 is 21.5 Å². The third-order valence-electron chi connectivity index (χ3n) is 2.74.